The highest BCUT2D eigenvalue weighted by Gasteiger charge is 1.93. The Bertz CT molecular complexity index is 186. The lowest BCUT2D eigenvalue weighted by Crippen LogP contribution is -1.83. The molecule has 0 aromatic rings. The van der Waals surface area contributed by atoms with Crippen LogP contribution in [0.15, 0.2) is 11.5 Å². The van der Waals surface area contributed by atoms with Crippen molar-refractivity contribution in [3.05, 3.63) is 11.5 Å². The quantitative estimate of drug-likeness (QED) is 0.219. The van der Waals surface area contributed by atoms with Gasteiger partial charge in [-0.3, -0.25) is 0 Å². The van der Waals surface area contributed by atoms with Crippen LogP contribution in [-0.2, 0) is 0 Å². The molecule has 0 aliphatic heterocycles. The molecule has 0 aromatic heterocycles. The Morgan fingerprint density at radius 3 is 1.25 bits per heavy atom. The Hall–Kier alpha value is 0.0900. The third-order valence-electron chi connectivity index (χ3n) is 4.08. The fourth-order valence-corrected chi connectivity index (χ4v) is 2.86. The first-order valence-corrected chi connectivity index (χ1v) is 9.72. The molecule has 0 bridgehead atoms. The fraction of sp³-hybridized carbons (Fsp3) is 0.895. The molecule has 20 heavy (non-hydrogen) atoms. The van der Waals surface area contributed by atoms with E-state index in [9.17, 15) is 0 Å². The third-order valence-corrected chi connectivity index (χ3v) is 4.29. The molecule has 0 amide bonds. The largest absolute Gasteiger partial charge is 0.152 e. The van der Waals surface area contributed by atoms with Crippen LogP contribution in [0.25, 0.3) is 0 Å². The summed E-state index contributed by atoms with van der Waals surface area (Å²) in [5.41, 5.74) is 0. The second kappa shape index (κ2) is 19.1. The summed E-state index contributed by atoms with van der Waals surface area (Å²) in [6, 6.07) is 0. The summed E-state index contributed by atoms with van der Waals surface area (Å²) in [6.07, 6.45) is 25.0. The van der Waals surface area contributed by atoms with E-state index >= 15 is 0 Å². The molecule has 0 saturated carbocycles. The molecular formula is C19H38S. The molecule has 0 saturated heterocycles. The number of thiol groups is 1. The van der Waals surface area contributed by atoms with E-state index in [1.807, 2.05) is 5.41 Å². The zero-order valence-electron chi connectivity index (χ0n) is 13.9. The SMILES string of the molecule is CCCCCCCCCCCCCCCCCC=CS. The second-order valence-corrected chi connectivity index (χ2v) is 6.42. The van der Waals surface area contributed by atoms with Gasteiger partial charge < -0.3 is 0 Å². The van der Waals surface area contributed by atoms with Crippen LogP contribution < -0.4 is 0 Å². The Labute approximate surface area is 134 Å². The van der Waals surface area contributed by atoms with E-state index in [0.29, 0.717) is 0 Å². The standard InChI is InChI=1S/C19H38S/c1-2-3-4-5-6-7-8-9-10-11-12-13-14-15-16-17-18-19-20/h18-20H,2-17H2,1H3. The lowest BCUT2D eigenvalue weighted by Gasteiger charge is -2.03. The van der Waals surface area contributed by atoms with Gasteiger partial charge in [-0.05, 0) is 18.2 Å². The fourth-order valence-electron chi connectivity index (χ4n) is 2.71. The van der Waals surface area contributed by atoms with Crippen molar-refractivity contribution in [2.75, 3.05) is 0 Å². The second-order valence-electron chi connectivity index (χ2n) is 6.12. The zero-order chi connectivity index (χ0) is 14.7. The molecule has 0 fully saturated rings. The summed E-state index contributed by atoms with van der Waals surface area (Å²) in [7, 11) is 0. The van der Waals surface area contributed by atoms with E-state index < -0.39 is 0 Å². The molecular weight excluding hydrogens is 260 g/mol. The van der Waals surface area contributed by atoms with E-state index in [1.165, 1.54) is 103 Å². The Balaban J connectivity index is 2.92. The molecule has 0 aliphatic rings. The average molecular weight is 299 g/mol. The molecule has 0 heterocycles. The van der Waals surface area contributed by atoms with E-state index in [1.54, 1.807) is 0 Å². The molecule has 0 nitrogen and oxygen atoms in total. The van der Waals surface area contributed by atoms with Crippen LogP contribution >= 0.6 is 12.6 Å². The number of hydrogen-bond donors (Lipinski definition) is 1. The van der Waals surface area contributed by atoms with Gasteiger partial charge in [0.2, 0.25) is 0 Å². The molecule has 0 atom stereocenters. The number of rotatable bonds is 16. The molecule has 0 unspecified atom stereocenters. The van der Waals surface area contributed by atoms with Crippen LogP contribution in [-0.4, -0.2) is 0 Å². The average Bonchev–Trinajstić information content (AvgIpc) is 2.47. The summed E-state index contributed by atoms with van der Waals surface area (Å²) >= 11 is 4.07. The third kappa shape index (κ3) is 18.1. The van der Waals surface area contributed by atoms with Gasteiger partial charge in [0.15, 0.2) is 0 Å². The maximum Gasteiger partial charge on any atom is -0.0343 e. The highest BCUT2D eigenvalue weighted by Crippen LogP contribution is 2.13. The van der Waals surface area contributed by atoms with Gasteiger partial charge in [0, 0.05) is 0 Å². The van der Waals surface area contributed by atoms with Gasteiger partial charge >= 0.3 is 0 Å². The first-order chi connectivity index (χ1) is 9.91. The van der Waals surface area contributed by atoms with E-state index in [2.05, 4.69) is 25.6 Å². The lowest BCUT2D eigenvalue weighted by molar-refractivity contribution is 0.533. The molecule has 0 radical (unpaired) electrons. The Morgan fingerprint density at radius 1 is 0.550 bits per heavy atom. The Morgan fingerprint density at radius 2 is 0.900 bits per heavy atom. The van der Waals surface area contributed by atoms with E-state index in [-0.39, 0.29) is 0 Å². The molecule has 0 rings (SSSR count). The van der Waals surface area contributed by atoms with Gasteiger partial charge in [-0.2, -0.15) is 12.6 Å². The molecule has 0 aliphatic carbocycles. The summed E-state index contributed by atoms with van der Waals surface area (Å²) < 4.78 is 0. The van der Waals surface area contributed by atoms with Gasteiger partial charge in [-0.25, -0.2) is 0 Å². The maximum atomic E-state index is 4.07. The predicted molar refractivity (Wildman–Crippen MR) is 97.7 cm³/mol. The van der Waals surface area contributed by atoms with Crippen LogP contribution in [0.2, 0.25) is 0 Å². The van der Waals surface area contributed by atoms with Crippen molar-refractivity contribution >= 4 is 12.6 Å². The highest BCUT2D eigenvalue weighted by atomic mass is 32.1. The molecule has 0 spiro atoms. The van der Waals surface area contributed by atoms with Crippen molar-refractivity contribution in [2.24, 2.45) is 0 Å². The first kappa shape index (κ1) is 20.1. The summed E-state index contributed by atoms with van der Waals surface area (Å²) in [5, 5.41) is 1.86. The number of unbranched alkanes of at least 4 members (excludes halogenated alkanes) is 15. The molecule has 0 N–H and O–H groups in total. The van der Waals surface area contributed by atoms with Crippen molar-refractivity contribution in [3.63, 3.8) is 0 Å². The van der Waals surface area contributed by atoms with Gasteiger partial charge in [-0.1, -0.05) is 103 Å². The van der Waals surface area contributed by atoms with Crippen molar-refractivity contribution in [2.45, 2.75) is 110 Å². The number of hydrogen-bond acceptors (Lipinski definition) is 1. The van der Waals surface area contributed by atoms with Crippen molar-refractivity contribution in [1.82, 2.24) is 0 Å². The normalized spacial score (nSPS) is 11.5. The van der Waals surface area contributed by atoms with Crippen molar-refractivity contribution in [1.29, 1.82) is 0 Å². The molecule has 0 aromatic carbocycles. The van der Waals surface area contributed by atoms with Gasteiger partial charge in [-0.15, -0.1) is 0 Å². The van der Waals surface area contributed by atoms with E-state index in [4.69, 9.17) is 0 Å². The van der Waals surface area contributed by atoms with Crippen LogP contribution in [0.3, 0.4) is 0 Å². The van der Waals surface area contributed by atoms with Crippen molar-refractivity contribution in [3.8, 4) is 0 Å². The zero-order valence-corrected chi connectivity index (χ0v) is 14.8. The van der Waals surface area contributed by atoms with E-state index in [0.717, 1.165) is 0 Å². The minimum absolute atomic E-state index is 1.21. The topological polar surface area (TPSA) is 0 Å². The van der Waals surface area contributed by atoms with Crippen LogP contribution in [0, 0.1) is 0 Å². The van der Waals surface area contributed by atoms with Crippen molar-refractivity contribution < 1.29 is 0 Å². The molecule has 120 valence electrons. The van der Waals surface area contributed by atoms with Crippen LogP contribution in [0.5, 0.6) is 0 Å². The minimum atomic E-state index is 1.21. The molecule has 1 heteroatoms. The monoisotopic (exact) mass is 298 g/mol. The first-order valence-electron chi connectivity index (χ1n) is 9.21. The Kier molecular flexibility index (Phi) is 19.2. The maximum absolute atomic E-state index is 4.07. The van der Waals surface area contributed by atoms with Crippen LogP contribution in [0.4, 0.5) is 0 Å². The predicted octanol–water partition coefficient (Wildman–Crippen LogP) is 7.69. The highest BCUT2D eigenvalue weighted by molar-refractivity contribution is 7.83. The summed E-state index contributed by atoms with van der Waals surface area (Å²) in [5.74, 6) is 0. The lowest BCUT2D eigenvalue weighted by atomic mass is 10.0. The minimum Gasteiger partial charge on any atom is -0.152 e. The van der Waals surface area contributed by atoms with Gasteiger partial charge in [0.05, 0.1) is 0 Å². The number of allylic oxidation sites excluding steroid dienone is 1. The summed E-state index contributed by atoms with van der Waals surface area (Å²) in [6.45, 7) is 2.29. The van der Waals surface area contributed by atoms with Crippen LogP contribution in [0.1, 0.15) is 110 Å². The smallest absolute Gasteiger partial charge is 0.0343 e. The van der Waals surface area contributed by atoms with Gasteiger partial charge in [0.25, 0.3) is 0 Å². The van der Waals surface area contributed by atoms with Gasteiger partial charge in [0.1, 0.15) is 0 Å². The summed E-state index contributed by atoms with van der Waals surface area (Å²) in [4.78, 5) is 0.